The molecule has 3 nitrogen and oxygen atoms in total. The van der Waals surface area contributed by atoms with Crippen molar-refractivity contribution in [2.24, 2.45) is 0 Å². The lowest BCUT2D eigenvalue weighted by Crippen LogP contribution is -1.85. The van der Waals surface area contributed by atoms with Crippen molar-refractivity contribution >= 4 is 11.0 Å². The van der Waals surface area contributed by atoms with Crippen LogP contribution in [0.3, 0.4) is 0 Å². The van der Waals surface area contributed by atoms with Gasteiger partial charge in [0.25, 0.3) is 0 Å². The molecule has 0 spiro atoms. The highest BCUT2D eigenvalue weighted by Gasteiger charge is 2.05. The maximum atomic E-state index is 5.39. The van der Waals surface area contributed by atoms with E-state index in [4.69, 9.17) is 9.15 Å². The Bertz CT molecular complexity index is 406. The summed E-state index contributed by atoms with van der Waals surface area (Å²) in [5, 5.41) is 0.928. The first-order valence-corrected chi connectivity index (χ1v) is 3.70. The van der Waals surface area contributed by atoms with Crippen LogP contribution in [0, 0.1) is 6.92 Å². The zero-order chi connectivity index (χ0) is 8.55. The van der Waals surface area contributed by atoms with Crippen LogP contribution in [0.1, 0.15) is 5.76 Å². The third kappa shape index (κ3) is 0.942. The fraction of sp³-hybridized carbons (Fsp3) is 0.222. The molecule has 0 unspecified atom stereocenters. The standard InChI is InChI=1S/C9H9NO2/c1-6-5-7-8(12-6)3-4-10-9(7)11-2/h3-5H,1-2H3. The molecule has 2 aromatic heterocycles. The summed E-state index contributed by atoms with van der Waals surface area (Å²) < 4.78 is 10.5. The number of methoxy groups -OCH3 is 1. The van der Waals surface area contributed by atoms with Gasteiger partial charge in [-0.3, -0.25) is 0 Å². The quantitative estimate of drug-likeness (QED) is 0.646. The minimum atomic E-state index is 0.615. The van der Waals surface area contributed by atoms with Crippen LogP contribution < -0.4 is 4.74 Å². The van der Waals surface area contributed by atoms with E-state index in [-0.39, 0.29) is 0 Å². The van der Waals surface area contributed by atoms with Crippen LogP contribution in [0.5, 0.6) is 5.88 Å². The van der Waals surface area contributed by atoms with Crippen molar-refractivity contribution in [3.05, 3.63) is 24.1 Å². The molecule has 0 aliphatic rings. The number of fused-ring (bicyclic) bond motifs is 1. The molecule has 0 saturated carbocycles. The Morgan fingerprint density at radius 2 is 2.33 bits per heavy atom. The van der Waals surface area contributed by atoms with Crippen molar-refractivity contribution in [1.29, 1.82) is 0 Å². The Hall–Kier alpha value is -1.51. The number of hydrogen-bond acceptors (Lipinski definition) is 3. The molecule has 0 aliphatic heterocycles. The van der Waals surface area contributed by atoms with Crippen molar-refractivity contribution in [2.75, 3.05) is 7.11 Å². The molecule has 0 aliphatic carbocycles. The molecular weight excluding hydrogens is 154 g/mol. The van der Waals surface area contributed by atoms with Crippen molar-refractivity contribution in [2.45, 2.75) is 6.92 Å². The minimum Gasteiger partial charge on any atom is -0.480 e. The van der Waals surface area contributed by atoms with Gasteiger partial charge >= 0.3 is 0 Å². The second-order valence-corrected chi connectivity index (χ2v) is 2.59. The number of rotatable bonds is 1. The van der Waals surface area contributed by atoms with E-state index in [9.17, 15) is 0 Å². The summed E-state index contributed by atoms with van der Waals surface area (Å²) in [7, 11) is 1.60. The SMILES string of the molecule is COc1nccc2oc(C)cc12. The van der Waals surface area contributed by atoms with Crippen molar-refractivity contribution < 1.29 is 9.15 Å². The topological polar surface area (TPSA) is 35.3 Å². The van der Waals surface area contributed by atoms with Crippen LogP contribution in [0.25, 0.3) is 11.0 Å². The molecule has 2 aromatic rings. The van der Waals surface area contributed by atoms with Crippen molar-refractivity contribution in [3.8, 4) is 5.88 Å². The summed E-state index contributed by atoms with van der Waals surface area (Å²) in [6, 6.07) is 3.74. The van der Waals surface area contributed by atoms with E-state index >= 15 is 0 Å². The molecule has 0 fully saturated rings. The third-order valence-corrected chi connectivity index (χ3v) is 1.73. The number of ether oxygens (including phenoxy) is 1. The maximum Gasteiger partial charge on any atom is 0.224 e. The summed E-state index contributed by atoms with van der Waals surface area (Å²) >= 11 is 0. The van der Waals surface area contributed by atoms with Gasteiger partial charge in [0.2, 0.25) is 5.88 Å². The number of aryl methyl sites for hydroxylation is 1. The van der Waals surface area contributed by atoms with E-state index in [2.05, 4.69) is 4.98 Å². The van der Waals surface area contributed by atoms with Crippen LogP contribution in [-0.2, 0) is 0 Å². The Morgan fingerprint density at radius 3 is 3.08 bits per heavy atom. The monoisotopic (exact) mass is 163 g/mol. The highest BCUT2D eigenvalue weighted by Crippen LogP contribution is 2.25. The average Bonchev–Trinajstić information content (AvgIpc) is 2.44. The van der Waals surface area contributed by atoms with E-state index in [0.29, 0.717) is 5.88 Å². The molecule has 0 saturated heterocycles. The van der Waals surface area contributed by atoms with Gasteiger partial charge in [0, 0.05) is 12.3 Å². The Balaban J connectivity index is 2.78. The smallest absolute Gasteiger partial charge is 0.224 e. The van der Waals surface area contributed by atoms with Gasteiger partial charge in [-0.15, -0.1) is 0 Å². The summed E-state index contributed by atoms with van der Waals surface area (Å²) in [6.07, 6.45) is 1.67. The van der Waals surface area contributed by atoms with Crippen molar-refractivity contribution in [1.82, 2.24) is 4.98 Å². The number of aromatic nitrogens is 1. The molecule has 0 atom stereocenters. The van der Waals surface area contributed by atoms with E-state index in [0.717, 1.165) is 16.7 Å². The number of nitrogens with zero attached hydrogens (tertiary/aromatic N) is 1. The third-order valence-electron chi connectivity index (χ3n) is 1.73. The lowest BCUT2D eigenvalue weighted by atomic mass is 10.3. The largest absolute Gasteiger partial charge is 0.480 e. The van der Waals surface area contributed by atoms with E-state index in [1.54, 1.807) is 13.3 Å². The van der Waals surface area contributed by atoms with Gasteiger partial charge in [0.1, 0.15) is 11.3 Å². The van der Waals surface area contributed by atoms with Gasteiger partial charge in [-0.05, 0) is 13.0 Å². The zero-order valence-electron chi connectivity index (χ0n) is 7.00. The highest BCUT2D eigenvalue weighted by molar-refractivity contribution is 5.82. The van der Waals surface area contributed by atoms with Gasteiger partial charge in [0.15, 0.2) is 0 Å². The summed E-state index contributed by atoms with van der Waals surface area (Å²) in [4.78, 5) is 4.06. The van der Waals surface area contributed by atoms with Crippen LogP contribution in [0.15, 0.2) is 22.7 Å². The number of furan rings is 1. The number of pyridine rings is 1. The maximum absolute atomic E-state index is 5.39. The van der Waals surface area contributed by atoms with Gasteiger partial charge in [-0.25, -0.2) is 4.98 Å². The molecule has 0 N–H and O–H groups in total. The molecular formula is C9H9NO2. The molecule has 0 radical (unpaired) electrons. The van der Waals surface area contributed by atoms with Crippen LogP contribution >= 0.6 is 0 Å². The average molecular weight is 163 g/mol. The minimum absolute atomic E-state index is 0.615. The van der Waals surface area contributed by atoms with Crippen LogP contribution in [0.2, 0.25) is 0 Å². The summed E-state index contributed by atoms with van der Waals surface area (Å²) in [5.41, 5.74) is 0.819. The normalized spacial score (nSPS) is 10.5. The predicted molar refractivity (Wildman–Crippen MR) is 45.3 cm³/mol. The molecule has 12 heavy (non-hydrogen) atoms. The highest BCUT2D eigenvalue weighted by atomic mass is 16.5. The van der Waals surface area contributed by atoms with Crippen LogP contribution in [-0.4, -0.2) is 12.1 Å². The first-order chi connectivity index (χ1) is 5.81. The molecule has 2 rings (SSSR count). The molecule has 62 valence electrons. The second-order valence-electron chi connectivity index (χ2n) is 2.59. The molecule has 0 amide bonds. The number of hydrogen-bond donors (Lipinski definition) is 0. The fourth-order valence-electron chi connectivity index (χ4n) is 1.23. The van der Waals surface area contributed by atoms with E-state index < -0.39 is 0 Å². The zero-order valence-corrected chi connectivity index (χ0v) is 7.00. The molecule has 0 bridgehead atoms. The Kier molecular flexibility index (Phi) is 1.50. The van der Waals surface area contributed by atoms with E-state index in [1.165, 1.54) is 0 Å². The van der Waals surface area contributed by atoms with Gasteiger partial charge < -0.3 is 9.15 Å². The molecule has 2 heterocycles. The van der Waals surface area contributed by atoms with Gasteiger partial charge in [-0.2, -0.15) is 0 Å². The first kappa shape index (κ1) is 7.16. The second kappa shape index (κ2) is 2.52. The first-order valence-electron chi connectivity index (χ1n) is 3.70. The lowest BCUT2D eigenvalue weighted by molar-refractivity contribution is 0.403. The Labute approximate surface area is 70.0 Å². The lowest BCUT2D eigenvalue weighted by Gasteiger charge is -1.96. The fourth-order valence-corrected chi connectivity index (χ4v) is 1.23. The summed E-state index contributed by atoms with van der Waals surface area (Å²) in [5.74, 6) is 1.49. The molecule has 0 aromatic carbocycles. The predicted octanol–water partition coefficient (Wildman–Crippen LogP) is 2.14. The van der Waals surface area contributed by atoms with Crippen molar-refractivity contribution in [3.63, 3.8) is 0 Å². The molecule has 3 heteroatoms. The Morgan fingerprint density at radius 1 is 1.50 bits per heavy atom. The van der Waals surface area contributed by atoms with Crippen LogP contribution in [0.4, 0.5) is 0 Å². The summed E-state index contributed by atoms with van der Waals surface area (Å²) in [6.45, 7) is 1.90. The van der Waals surface area contributed by atoms with E-state index in [1.807, 2.05) is 19.1 Å². The van der Waals surface area contributed by atoms with Gasteiger partial charge in [-0.1, -0.05) is 0 Å². The van der Waals surface area contributed by atoms with Gasteiger partial charge in [0.05, 0.1) is 12.5 Å².